The molecular weight excluding hydrogens is 232 g/mol. The van der Waals surface area contributed by atoms with E-state index >= 15 is 0 Å². The zero-order valence-corrected chi connectivity index (χ0v) is 12.6. The standard InChI is InChI=1S/C17H30N2/c1-3-4-14-19(17-10-6-5-7-11-17)15-8-9-16(2)12-13-18/h5-7,10-11,16H,3-4,8-9,12-15,18H2,1-2H3. The number of hydrogen-bond donors (Lipinski definition) is 1. The number of nitrogens with zero attached hydrogens (tertiary/aromatic N) is 1. The summed E-state index contributed by atoms with van der Waals surface area (Å²) in [4.78, 5) is 2.53. The van der Waals surface area contributed by atoms with E-state index < -0.39 is 0 Å². The van der Waals surface area contributed by atoms with Crippen LogP contribution in [-0.2, 0) is 0 Å². The molecule has 1 unspecified atom stereocenters. The number of nitrogens with two attached hydrogens (primary N) is 1. The van der Waals surface area contributed by atoms with Crippen molar-refractivity contribution >= 4 is 5.69 Å². The predicted molar refractivity (Wildman–Crippen MR) is 85.6 cm³/mol. The molecule has 0 saturated carbocycles. The summed E-state index contributed by atoms with van der Waals surface area (Å²) in [7, 11) is 0. The van der Waals surface area contributed by atoms with Crippen LogP contribution in [0.4, 0.5) is 5.69 Å². The van der Waals surface area contributed by atoms with Crippen LogP contribution in [0.15, 0.2) is 30.3 Å². The molecule has 0 saturated heterocycles. The van der Waals surface area contributed by atoms with Crippen molar-refractivity contribution in [3.63, 3.8) is 0 Å². The molecule has 2 nitrogen and oxygen atoms in total. The van der Waals surface area contributed by atoms with Gasteiger partial charge in [0, 0.05) is 18.8 Å². The Kier molecular flexibility index (Phi) is 8.31. The molecular formula is C17H30N2. The molecule has 2 N–H and O–H groups in total. The summed E-state index contributed by atoms with van der Waals surface area (Å²) in [6.07, 6.45) is 6.23. The van der Waals surface area contributed by atoms with E-state index in [0.29, 0.717) is 0 Å². The Morgan fingerprint density at radius 2 is 1.74 bits per heavy atom. The molecule has 0 aliphatic rings. The lowest BCUT2D eigenvalue weighted by Crippen LogP contribution is -2.26. The predicted octanol–water partition coefficient (Wildman–Crippen LogP) is 4.06. The quantitative estimate of drug-likeness (QED) is 0.689. The van der Waals surface area contributed by atoms with Crippen LogP contribution in [0.2, 0.25) is 0 Å². The minimum Gasteiger partial charge on any atom is -0.372 e. The maximum Gasteiger partial charge on any atom is 0.0366 e. The molecule has 0 fully saturated rings. The highest BCUT2D eigenvalue weighted by Crippen LogP contribution is 2.17. The lowest BCUT2D eigenvalue weighted by atomic mass is 10.0. The van der Waals surface area contributed by atoms with Gasteiger partial charge in [0.2, 0.25) is 0 Å². The third-order valence-corrected chi connectivity index (χ3v) is 3.69. The molecule has 1 aromatic carbocycles. The third-order valence-electron chi connectivity index (χ3n) is 3.69. The fourth-order valence-corrected chi connectivity index (χ4v) is 2.42. The third kappa shape index (κ3) is 6.63. The fourth-order valence-electron chi connectivity index (χ4n) is 2.42. The Morgan fingerprint density at radius 1 is 1.05 bits per heavy atom. The van der Waals surface area contributed by atoms with Gasteiger partial charge in [0.05, 0.1) is 0 Å². The van der Waals surface area contributed by atoms with Gasteiger partial charge in [-0.25, -0.2) is 0 Å². The highest BCUT2D eigenvalue weighted by atomic mass is 15.1. The zero-order valence-electron chi connectivity index (χ0n) is 12.6. The van der Waals surface area contributed by atoms with Crippen LogP contribution in [0, 0.1) is 5.92 Å². The van der Waals surface area contributed by atoms with E-state index in [0.717, 1.165) is 18.9 Å². The molecule has 0 amide bonds. The molecule has 0 aliphatic heterocycles. The highest BCUT2D eigenvalue weighted by molar-refractivity contribution is 5.45. The Hall–Kier alpha value is -1.02. The Bertz CT molecular complexity index is 310. The lowest BCUT2D eigenvalue weighted by Gasteiger charge is -2.25. The number of benzene rings is 1. The summed E-state index contributed by atoms with van der Waals surface area (Å²) in [5.41, 5.74) is 6.97. The summed E-state index contributed by atoms with van der Waals surface area (Å²) in [5.74, 6) is 0.758. The summed E-state index contributed by atoms with van der Waals surface area (Å²) in [6, 6.07) is 10.8. The summed E-state index contributed by atoms with van der Waals surface area (Å²) in [5, 5.41) is 0. The van der Waals surface area contributed by atoms with E-state index in [-0.39, 0.29) is 0 Å². The van der Waals surface area contributed by atoms with Crippen molar-refractivity contribution in [2.24, 2.45) is 11.7 Å². The Balaban J connectivity index is 2.42. The molecule has 19 heavy (non-hydrogen) atoms. The van der Waals surface area contributed by atoms with Gasteiger partial charge in [-0.1, -0.05) is 38.5 Å². The van der Waals surface area contributed by atoms with Gasteiger partial charge in [0.25, 0.3) is 0 Å². The average molecular weight is 262 g/mol. The van der Waals surface area contributed by atoms with Crippen LogP contribution in [0.3, 0.4) is 0 Å². The van der Waals surface area contributed by atoms with Crippen LogP contribution in [0.25, 0.3) is 0 Å². The number of para-hydroxylation sites is 1. The van der Waals surface area contributed by atoms with Crippen LogP contribution in [0.5, 0.6) is 0 Å². The molecule has 0 radical (unpaired) electrons. The van der Waals surface area contributed by atoms with E-state index in [9.17, 15) is 0 Å². The first-order valence-corrected chi connectivity index (χ1v) is 7.78. The van der Waals surface area contributed by atoms with Gasteiger partial charge in [0.15, 0.2) is 0 Å². The van der Waals surface area contributed by atoms with E-state index in [2.05, 4.69) is 49.1 Å². The Labute approximate surface area is 119 Å². The molecule has 0 bridgehead atoms. The lowest BCUT2D eigenvalue weighted by molar-refractivity contribution is 0.478. The molecule has 1 atom stereocenters. The Morgan fingerprint density at radius 3 is 2.37 bits per heavy atom. The number of anilines is 1. The molecule has 1 rings (SSSR count). The summed E-state index contributed by atoms with van der Waals surface area (Å²) < 4.78 is 0. The fraction of sp³-hybridized carbons (Fsp3) is 0.647. The largest absolute Gasteiger partial charge is 0.372 e. The number of unbranched alkanes of at least 4 members (excludes halogenated alkanes) is 1. The van der Waals surface area contributed by atoms with Gasteiger partial charge in [0.1, 0.15) is 0 Å². The van der Waals surface area contributed by atoms with Crippen molar-refractivity contribution in [3.8, 4) is 0 Å². The van der Waals surface area contributed by atoms with Gasteiger partial charge >= 0.3 is 0 Å². The van der Waals surface area contributed by atoms with Crippen LogP contribution in [-0.4, -0.2) is 19.6 Å². The van der Waals surface area contributed by atoms with Crippen molar-refractivity contribution in [2.75, 3.05) is 24.5 Å². The first-order chi connectivity index (χ1) is 9.27. The average Bonchev–Trinajstić information content (AvgIpc) is 2.44. The number of rotatable bonds is 10. The molecule has 0 aliphatic carbocycles. The SMILES string of the molecule is CCCCN(CCCC(C)CCN)c1ccccc1. The molecule has 0 aromatic heterocycles. The summed E-state index contributed by atoms with van der Waals surface area (Å²) in [6.45, 7) is 7.72. The monoisotopic (exact) mass is 262 g/mol. The topological polar surface area (TPSA) is 29.3 Å². The minimum absolute atomic E-state index is 0.758. The van der Waals surface area contributed by atoms with Crippen molar-refractivity contribution in [3.05, 3.63) is 30.3 Å². The van der Waals surface area contributed by atoms with Crippen molar-refractivity contribution in [1.29, 1.82) is 0 Å². The molecule has 0 spiro atoms. The normalized spacial score (nSPS) is 12.4. The molecule has 2 heteroatoms. The smallest absolute Gasteiger partial charge is 0.0366 e. The van der Waals surface area contributed by atoms with Gasteiger partial charge < -0.3 is 10.6 Å². The van der Waals surface area contributed by atoms with Crippen LogP contribution < -0.4 is 10.6 Å². The van der Waals surface area contributed by atoms with Crippen LogP contribution in [0.1, 0.15) is 46.0 Å². The first kappa shape index (κ1) is 16.0. The second-order valence-corrected chi connectivity index (χ2v) is 5.50. The second kappa shape index (κ2) is 9.85. The van der Waals surface area contributed by atoms with Crippen molar-refractivity contribution < 1.29 is 0 Å². The highest BCUT2D eigenvalue weighted by Gasteiger charge is 2.07. The van der Waals surface area contributed by atoms with Crippen molar-refractivity contribution in [1.82, 2.24) is 0 Å². The minimum atomic E-state index is 0.758. The van der Waals surface area contributed by atoms with E-state index in [4.69, 9.17) is 5.73 Å². The molecule has 108 valence electrons. The van der Waals surface area contributed by atoms with Gasteiger partial charge in [-0.15, -0.1) is 0 Å². The summed E-state index contributed by atoms with van der Waals surface area (Å²) >= 11 is 0. The maximum atomic E-state index is 5.61. The van der Waals surface area contributed by atoms with Crippen molar-refractivity contribution in [2.45, 2.75) is 46.0 Å². The molecule has 1 aromatic rings. The number of hydrogen-bond acceptors (Lipinski definition) is 2. The zero-order chi connectivity index (χ0) is 13.9. The first-order valence-electron chi connectivity index (χ1n) is 7.78. The van der Waals surface area contributed by atoms with Crippen LogP contribution >= 0.6 is 0 Å². The van der Waals surface area contributed by atoms with E-state index in [1.165, 1.54) is 44.5 Å². The maximum absolute atomic E-state index is 5.61. The van der Waals surface area contributed by atoms with Gasteiger partial charge in [-0.05, 0) is 50.3 Å². The van der Waals surface area contributed by atoms with Gasteiger partial charge in [-0.3, -0.25) is 0 Å². The second-order valence-electron chi connectivity index (χ2n) is 5.50. The van der Waals surface area contributed by atoms with Gasteiger partial charge in [-0.2, -0.15) is 0 Å². The van der Waals surface area contributed by atoms with E-state index in [1.54, 1.807) is 0 Å². The van der Waals surface area contributed by atoms with E-state index in [1.807, 2.05) is 0 Å². The molecule has 0 heterocycles.